The van der Waals surface area contributed by atoms with E-state index in [1.54, 1.807) is 24.3 Å². The summed E-state index contributed by atoms with van der Waals surface area (Å²) < 4.78 is 24.0. The summed E-state index contributed by atoms with van der Waals surface area (Å²) in [7, 11) is -3.67. The number of carboxylic acids is 1. The van der Waals surface area contributed by atoms with Crippen molar-refractivity contribution in [1.82, 2.24) is 4.98 Å². The van der Waals surface area contributed by atoms with Gasteiger partial charge in [-0.05, 0) is 12.1 Å². The topological polar surface area (TPSA) is 87.2 Å². The molecule has 0 aliphatic rings. The molecule has 2 rings (SSSR count). The third-order valence-corrected chi connectivity index (χ3v) is 4.25. The van der Waals surface area contributed by atoms with Crippen LogP contribution in [0.1, 0.15) is 6.42 Å². The molecule has 1 aromatic heterocycles. The highest BCUT2D eigenvalue weighted by atomic mass is 32.2. The zero-order chi connectivity index (χ0) is 13.2. The number of nitrogens with zero attached hydrogens (tertiary/aromatic N) is 1. The summed E-state index contributed by atoms with van der Waals surface area (Å²) in [5, 5.41) is 11.1. The van der Waals surface area contributed by atoms with Crippen LogP contribution in [0, 0.1) is 0 Å². The summed E-state index contributed by atoms with van der Waals surface area (Å²) in [5.74, 6) is -1.86. The van der Waals surface area contributed by atoms with Gasteiger partial charge in [0.05, 0.1) is 16.2 Å². The summed E-state index contributed by atoms with van der Waals surface area (Å²) in [4.78, 5) is 14.4. The van der Waals surface area contributed by atoms with E-state index in [0.717, 1.165) is 0 Å². The van der Waals surface area contributed by atoms with Gasteiger partial charge in [0.1, 0.15) is 0 Å². The number of aromatic nitrogens is 1. The second-order valence-electron chi connectivity index (χ2n) is 3.77. The number of pyridine rings is 1. The first-order valence-corrected chi connectivity index (χ1v) is 6.92. The van der Waals surface area contributed by atoms with Crippen LogP contribution in [0.5, 0.6) is 0 Å². The number of fused-ring (bicyclic) bond motifs is 1. The molecule has 0 spiro atoms. The largest absolute Gasteiger partial charge is 0.550 e. The first-order chi connectivity index (χ1) is 8.50. The van der Waals surface area contributed by atoms with Crippen molar-refractivity contribution in [3.63, 3.8) is 0 Å². The van der Waals surface area contributed by atoms with Crippen molar-refractivity contribution in [2.24, 2.45) is 0 Å². The van der Waals surface area contributed by atoms with Crippen molar-refractivity contribution in [3.05, 3.63) is 36.5 Å². The van der Waals surface area contributed by atoms with Crippen molar-refractivity contribution < 1.29 is 18.3 Å². The molecule has 2 aromatic rings. The Labute approximate surface area is 104 Å². The normalized spacial score (nSPS) is 11.6. The molecule has 0 unspecified atom stereocenters. The molecule has 94 valence electrons. The van der Waals surface area contributed by atoms with Gasteiger partial charge >= 0.3 is 0 Å². The fraction of sp³-hybridized carbons (Fsp3) is 0.167. The number of rotatable bonds is 4. The molecule has 18 heavy (non-hydrogen) atoms. The van der Waals surface area contributed by atoms with E-state index in [-0.39, 0.29) is 4.90 Å². The third-order valence-electron chi connectivity index (χ3n) is 2.51. The number of carbonyl (C=O) groups is 1. The van der Waals surface area contributed by atoms with Gasteiger partial charge in [0.25, 0.3) is 0 Å². The minimum Gasteiger partial charge on any atom is -0.550 e. The van der Waals surface area contributed by atoms with E-state index in [1.165, 1.54) is 12.3 Å². The van der Waals surface area contributed by atoms with Crippen molar-refractivity contribution in [3.8, 4) is 0 Å². The van der Waals surface area contributed by atoms with E-state index in [1.807, 2.05) is 0 Å². The Balaban J connectivity index is 2.50. The molecule has 0 atom stereocenters. The van der Waals surface area contributed by atoms with Gasteiger partial charge in [0.2, 0.25) is 0 Å². The van der Waals surface area contributed by atoms with Crippen molar-refractivity contribution in [2.45, 2.75) is 11.3 Å². The average Bonchev–Trinajstić information content (AvgIpc) is 2.36. The van der Waals surface area contributed by atoms with Crippen LogP contribution >= 0.6 is 0 Å². The number of hydrogen-bond donors (Lipinski definition) is 0. The number of hydrogen-bond acceptors (Lipinski definition) is 5. The summed E-state index contributed by atoms with van der Waals surface area (Å²) >= 11 is 0. The quantitative estimate of drug-likeness (QED) is 0.784. The Morgan fingerprint density at radius 2 is 1.94 bits per heavy atom. The summed E-state index contributed by atoms with van der Waals surface area (Å²) in [6.45, 7) is 0. The fourth-order valence-electron chi connectivity index (χ4n) is 1.65. The van der Waals surface area contributed by atoms with Gasteiger partial charge in [0, 0.05) is 24.0 Å². The molecule has 5 nitrogen and oxygen atoms in total. The molecule has 0 aliphatic carbocycles. The van der Waals surface area contributed by atoms with Gasteiger partial charge in [-0.25, -0.2) is 8.42 Å². The number of aliphatic carboxylic acids is 1. The van der Waals surface area contributed by atoms with Crippen LogP contribution < -0.4 is 5.11 Å². The van der Waals surface area contributed by atoms with Gasteiger partial charge in [-0.3, -0.25) is 4.98 Å². The van der Waals surface area contributed by atoms with Gasteiger partial charge in [0.15, 0.2) is 9.84 Å². The first-order valence-electron chi connectivity index (χ1n) is 5.27. The van der Waals surface area contributed by atoms with E-state index < -0.39 is 28.0 Å². The molecule has 1 aromatic carbocycles. The number of sulfone groups is 1. The highest BCUT2D eigenvalue weighted by molar-refractivity contribution is 7.91. The van der Waals surface area contributed by atoms with Crippen LogP contribution in [0.2, 0.25) is 0 Å². The van der Waals surface area contributed by atoms with E-state index >= 15 is 0 Å². The van der Waals surface area contributed by atoms with E-state index in [2.05, 4.69) is 4.98 Å². The highest BCUT2D eigenvalue weighted by Crippen LogP contribution is 2.21. The Morgan fingerprint density at radius 1 is 1.22 bits per heavy atom. The maximum absolute atomic E-state index is 12.0. The minimum absolute atomic E-state index is 0.0573. The van der Waals surface area contributed by atoms with Crippen LogP contribution in [-0.2, 0) is 14.6 Å². The average molecular weight is 264 g/mol. The molecule has 0 N–H and O–H groups in total. The maximum atomic E-state index is 12.0. The molecular weight excluding hydrogens is 254 g/mol. The lowest BCUT2D eigenvalue weighted by Crippen LogP contribution is -2.25. The lowest BCUT2D eigenvalue weighted by Gasteiger charge is -2.07. The smallest absolute Gasteiger partial charge is 0.180 e. The molecule has 0 bridgehead atoms. The van der Waals surface area contributed by atoms with Gasteiger partial charge in [-0.1, -0.05) is 18.2 Å². The SMILES string of the molecule is O=C([O-])CCS(=O)(=O)c1cccc2cccnc12. The van der Waals surface area contributed by atoms with Crippen LogP contribution in [0.15, 0.2) is 41.4 Å². The summed E-state index contributed by atoms with van der Waals surface area (Å²) in [6, 6.07) is 8.25. The Bertz CT molecular complexity index is 689. The van der Waals surface area contributed by atoms with Crippen LogP contribution in [-0.4, -0.2) is 25.1 Å². The van der Waals surface area contributed by atoms with Crippen LogP contribution in [0.4, 0.5) is 0 Å². The minimum atomic E-state index is -3.67. The number of carbonyl (C=O) groups excluding carboxylic acids is 1. The first kappa shape index (κ1) is 12.5. The molecular formula is C12H10NO4S-. The Hall–Kier alpha value is -1.95. The molecule has 0 saturated carbocycles. The predicted octanol–water partition coefficient (Wildman–Crippen LogP) is 0.148. The van der Waals surface area contributed by atoms with Crippen molar-refractivity contribution in [1.29, 1.82) is 0 Å². The monoisotopic (exact) mass is 264 g/mol. The zero-order valence-corrected chi connectivity index (χ0v) is 10.2. The van der Waals surface area contributed by atoms with Gasteiger partial charge in [-0.15, -0.1) is 0 Å². The van der Waals surface area contributed by atoms with E-state index in [0.29, 0.717) is 10.9 Å². The molecule has 0 radical (unpaired) electrons. The van der Waals surface area contributed by atoms with Crippen LogP contribution in [0.3, 0.4) is 0 Å². The number of carboxylic acid groups (broad SMARTS) is 1. The molecule has 0 amide bonds. The molecule has 6 heteroatoms. The highest BCUT2D eigenvalue weighted by Gasteiger charge is 2.17. The predicted molar refractivity (Wildman–Crippen MR) is 63.4 cm³/mol. The Morgan fingerprint density at radius 3 is 2.67 bits per heavy atom. The van der Waals surface area contributed by atoms with Gasteiger partial charge in [-0.2, -0.15) is 0 Å². The zero-order valence-electron chi connectivity index (χ0n) is 9.37. The fourth-order valence-corrected chi connectivity index (χ4v) is 3.06. The van der Waals surface area contributed by atoms with Crippen LogP contribution in [0.25, 0.3) is 10.9 Å². The molecule has 0 aliphatic heterocycles. The van der Waals surface area contributed by atoms with E-state index in [9.17, 15) is 18.3 Å². The van der Waals surface area contributed by atoms with E-state index in [4.69, 9.17) is 0 Å². The maximum Gasteiger partial charge on any atom is 0.180 e. The number of para-hydroxylation sites is 1. The van der Waals surface area contributed by atoms with Gasteiger partial charge < -0.3 is 9.90 Å². The number of benzene rings is 1. The molecule has 1 heterocycles. The third kappa shape index (κ3) is 2.48. The molecule has 0 saturated heterocycles. The lowest BCUT2D eigenvalue weighted by atomic mass is 10.2. The summed E-state index contributed by atoms with van der Waals surface area (Å²) in [6.07, 6.45) is 0.978. The molecule has 0 fully saturated rings. The standard InChI is InChI=1S/C12H11NO4S/c14-11(15)6-8-18(16,17)10-5-1-3-9-4-2-7-13-12(9)10/h1-5,7H,6,8H2,(H,14,15)/p-1. The lowest BCUT2D eigenvalue weighted by molar-refractivity contribution is -0.305. The van der Waals surface area contributed by atoms with Crippen molar-refractivity contribution >= 4 is 26.7 Å². The second kappa shape index (κ2) is 4.73. The van der Waals surface area contributed by atoms with Crippen molar-refractivity contribution in [2.75, 3.05) is 5.75 Å². The second-order valence-corrected chi connectivity index (χ2v) is 5.85. The summed E-state index contributed by atoms with van der Waals surface area (Å²) in [5.41, 5.74) is 0.360. The Kier molecular flexibility index (Phi) is 3.29.